The largest absolute Gasteiger partial charge is 0.481 e. The third-order valence-electron chi connectivity index (χ3n) is 6.37. The van der Waals surface area contributed by atoms with E-state index in [1.807, 2.05) is 0 Å². The highest BCUT2D eigenvalue weighted by Gasteiger charge is 2.38. The van der Waals surface area contributed by atoms with Gasteiger partial charge in [0.25, 0.3) is 0 Å². The summed E-state index contributed by atoms with van der Waals surface area (Å²) in [5.74, 6) is -6.50. The number of hydrogen-bond donors (Lipinski definition) is 9. The van der Waals surface area contributed by atoms with Gasteiger partial charge in [0.2, 0.25) is 23.6 Å². The van der Waals surface area contributed by atoms with E-state index < -0.39 is 79.3 Å². The van der Waals surface area contributed by atoms with Crippen molar-refractivity contribution in [2.24, 2.45) is 22.2 Å². The van der Waals surface area contributed by atoms with Crippen LogP contribution in [0.15, 0.2) is 29.3 Å². The van der Waals surface area contributed by atoms with Crippen molar-refractivity contribution >= 4 is 41.5 Å². The Morgan fingerprint density at radius 3 is 2.26 bits per heavy atom. The molecule has 1 aliphatic heterocycles. The maximum absolute atomic E-state index is 13.2. The topological polar surface area (TPSA) is 293 Å². The van der Waals surface area contributed by atoms with Gasteiger partial charge in [-0.3, -0.25) is 29.0 Å². The minimum atomic E-state index is -1.70. The first-order valence-electron chi connectivity index (χ1n) is 12.9. The van der Waals surface area contributed by atoms with Crippen LogP contribution < -0.4 is 33.2 Å². The van der Waals surface area contributed by atoms with Gasteiger partial charge in [-0.1, -0.05) is 24.3 Å². The van der Waals surface area contributed by atoms with Crippen LogP contribution in [0, 0.1) is 0 Å². The lowest BCUT2D eigenvalue weighted by Crippen LogP contribution is -2.59. The van der Waals surface area contributed by atoms with Crippen LogP contribution in [0.5, 0.6) is 0 Å². The molecule has 2 rings (SSSR count). The molecule has 4 atom stereocenters. The third kappa shape index (κ3) is 10.0. The molecule has 1 aromatic rings. The number of amides is 4. The number of benzene rings is 1. The van der Waals surface area contributed by atoms with Crippen molar-refractivity contribution in [3.8, 4) is 0 Å². The van der Waals surface area contributed by atoms with Crippen molar-refractivity contribution in [1.82, 2.24) is 20.9 Å². The normalized spacial score (nSPS) is 16.1. The van der Waals surface area contributed by atoms with Gasteiger partial charge in [-0.2, -0.15) is 0 Å². The number of carboxylic acid groups (broad SMARTS) is 2. The Morgan fingerprint density at radius 2 is 1.67 bits per heavy atom. The van der Waals surface area contributed by atoms with Crippen molar-refractivity contribution in [3.05, 3.63) is 35.4 Å². The number of rotatable bonds is 15. The molecule has 0 spiro atoms. The first-order valence-corrected chi connectivity index (χ1v) is 12.9. The molecule has 1 heterocycles. The Labute approximate surface area is 240 Å². The summed E-state index contributed by atoms with van der Waals surface area (Å²) in [5.41, 5.74) is 17.6. The second-order valence-corrected chi connectivity index (χ2v) is 9.53. The highest BCUT2D eigenvalue weighted by atomic mass is 16.4. The fraction of sp³-hybridized carbons (Fsp3) is 0.480. The van der Waals surface area contributed by atoms with E-state index in [0.29, 0.717) is 12.0 Å². The zero-order valence-electron chi connectivity index (χ0n) is 22.7. The molecule has 17 heteroatoms. The predicted molar refractivity (Wildman–Crippen MR) is 146 cm³/mol. The summed E-state index contributed by atoms with van der Waals surface area (Å²) in [6.07, 6.45) is -0.290. The minimum absolute atomic E-state index is 0.00663. The van der Waals surface area contributed by atoms with E-state index in [1.165, 1.54) is 0 Å². The van der Waals surface area contributed by atoms with Crippen molar-refractivity contribution < 1.29 is 44.1 Å². The molecule has 0 radical (unpaired) electrons. The van der Waals surface area contributed by atoms with Crippen molar-refractivity contribution in [1.29, 1.82) is 0 Å². The molecule has 0 aliphatic carbocycles. The molecule has 0 fully saturated rings. The number of nitrogens with one attached hydrogen (secondary N) is 3. The Morgan fingerprint density at radius 1 is 1.00 bits per heavy atom. The lowest BCUT2D eigenvalue weighted by molar-refractivity contribution is -0.153. The molecule has 1 unspecified atom stereocenters. The number of carbonyl (C=O) groups is 6. The molecule has 1 aliphatic rings. The lowest BCUT2D eigenvalue weighted by Gasteiger charge is -2.36. The summed E-state index contributed by atoms with van der Waals surface area (Å²) in [4.78, 5) is 78.7. The Kier molecular flexibility index (Phi) is 12.6. The van der Waals surface area contributed by atoms with Crippen molar-refractivity contribution in [2.45, 2.75) is 56.4 Å². The number of aliphatic imine (C=N–C) groups is 1. The van der Waals surface area contributed by atoms with Gasteiger partial charge < -0.3 is 53.4 Å². The molecule has 4 amide bonds. The maximum atomic E-state index is 13.2. The average Bonchev–Trinajstić information content (AvgIpc) is 2.94. The van der Waals surface area contributed by atoms with E-state index in [0.717, 1.165) is 10.5 Å². The molecule has 12 N–H and O–H groups in total. The molecule has 0 saturated heterocycles. The maximum Gasteiger partial charge on any atom is 0.326 e. The van der Waals surface area contributed by atoms with Crippen LogP contribution in [0.2, 0.25) is 0 Å². The highest BCUT2D eigenvalue weighted by Crippen LogP contribution is 2.24. The number of carbonyl (C=O) groups excluding carboxylic acids is 4. The summed E-state index contributed by atoms with van der Waals surface area (Å²) in [6, 6.07) is 1.33. The Bertz CT molecular complexity index is 1200. The van der Waals surface area contributed by atoms with Gasteiger partial charge in [0.15, 0.2) is 5.96 Å². The van der Waals surface area contributed by atoms with Gasteiger partial charge >= 0.3 is 11.9 Å². The average molecular weight is 593 g/mol. The molecular formula is C25H36N8O9. The Balaban J connectivity index is 2.02. The van der Waals surface area contributed by atoms with E-state index >= 15 is 0 Å². The number of aliphatic hydroxyl groups is 1. The number of fused-ring (bicyclic) bond motifs is 1. The smallest absolute Gasteiger partial charge is 0.326 e. The number of guanidine groups is 1. The summed E-state index contributed by atoms with van der Waals surface area (Å²) in [7, 11) is 0. The third-order valence-corrected chi connectivity index (χ3v) is 6.37. The molecule has 1 aromatic carbocycles. The quantitative estimate of drug-likeness (QED) is 0.0534. The van der Waals surface area contributed by atoms with Crippen LogP contribution in [-0.2, 0) is 41.7 Å². The van der Waals surface area contributed by atoms with Crippen LogP contribution in [-0.4, -0.2) is 106 Å². The molecular weight excluding hydrogens is 556 g/mol. The predicted octanol–water partition coefficient (Wildman–Crippen LogP) is -4.04. The van der Waals surface area contributed by atoms with E-state index in [2.05, 4.69) is 20.9 Å². The number of nitrogens with two attached hydrogens (primary N) is 3. The van der Waals surface area contributed by atoms with Crippen LogP contribution in [0.25, 0.3) is 0 Å². The van der Waals surface area contributed by atoms with E-state index in [-0.39, 0.29) is 31.9 Å². The minimum Gasteiger partial charge on any atom is -0.481 e. The molecule has 42 heavy (non-hydrogen) atoms. The van der Waals surface area contributed by atoms with Gasteiger partial charge in [0.1, 0.15) is 18.1 Å². The summed E-state index contributed by atoms with van der Waals surface area (Å²) >= 11 is 0. The number of nitrogens with zero attached hydrogens (tertiary/aromatic N) is 2. The highest BCUT2D eigenvalue weighted by molar-refractivity contribution is 5.96. The van der Waals surface area contributed by atoms with E-state index in [1.54, 1.807) is 24.3 Å². The second-order valence-electron chi connectivity index (χ2n) is 9.53. The first kappa shape index (κ1) is 33.4. The fourth-order valence-electron chi connectivity index (χ4n) is 4.21. The van der Waals surface area contributed by atoms with E-state index in [9.17, 15) is 44.1 Å². The summed E-state index contributed by atoms with van der Waals surface area (Å²) < 4.78 is 0. The number of carboxylic acids is 2. The lowest BCUT2D eigenvalue weighted by atomic mass is 9.93. The summed E-state index contributed by atoms with van der Waals surface area (Å²) in [6.45, 7) is -1.42. The monoisotopic (exact) mass is 592 g/mol. The fourth-order valence-corrected chi connectivity index (χ4v) is 4.21. The van der Waals surface area contributed by atoms with Gasteiger partial charge in [0.05, 0.1) is 25.6 Å². The second kappa shape index (κ2) is 15.9. The zero-order chi connectivity index (χ0) is 31.4. The SMILES string of the molecule is NC(N)=NCCC[C@H](N)C(=O)NCC(=O)N[C@@H](CC(=O)O)C(=O)N[C@@H](CO)C(=O)N1Cc2ccccc2CC1C(=O)O. The van der Waals surface area contributed by atoms with Crippen LogP contribution in [0.4, 0.5) is 0 Å². The number of aliphatic carboxylic acids is 2. The standard InChI is InChI=1S/C25H36N8O9/c26-15(6-3-7-29-25(27)28)21(38)30-10-19(35)31-16(9-20(36)37)22(39)32-17(12-34)23(40)33-11-14-5-2-1-4-13(14)8-18(33)24(41)42/h1-2,4-5,15-18,34H,3,6-12,26H2,(H,30,38)(H,31,35)(H,32,39)(H,36,37)(H,41,42)(H4,27,28,29)/t15-,16-,17-,18?/m0/s1. The first-order chi connectivity index (χ1) is 19.8. The van der Waals surface area contributed by atoms with Gasteiger partial charge in [-0.05, 0) is 24.0 Å². The van der Waals surface area contributed by atoms with Crippen molar-refractivity contribution in [2.75, 3.05) is 19.7 Å². The van der Waals surface area contributed by atoms with Gasteiger partial charge in [-0.25, -0.2) is 4.79 Å². The number of hydrogen-bond acceptors (Lipinski definition) is 9. The molecule has 17 nitrogen and oxygen atoms in total. The van der Waals surface area contributed by atoms with Crippen LogP contribution in [0.3, 0.4) is 0 Å². The van der Waals surface area contributed by atoms with Gasteiger partial charge in [0, 0.05) is 19.5 Å². The number of aliphatic hydroxyl groups excluding tert-OH is 1. The molecule has 0 bridgehead atoms. The van der Waals surface area contributed by atoms with Gasteiger partial charge in [-0.15, -0.1) is 0 Å². The Hall–Kier alpha value is -4.77. The molecule has 0 saturated carbocycles. The summed E-state index contributed by atoms with van der Waals surface area (Å²) in [5, 5.41) is 35.4. The molecule has 230 valence electrons. The molecule has 0 aromatic heterocycles. The van der Waals surface area contributed by atoms with Crippen molar-refractivity contribution in [3.63, 3.8) is 0 Å². The van der Waals surface area contributed by atoms with Crippen LogP contribution in [0.1, 0.15) is 30.4 Å². The van der Waals surface area contributed by atoms with Crippen LogP contribution >= 0.6 is 0 Å². The zero-order valence-corrected chi connectivity index (χ0v) is 22.7. The van der Waals surface area contributed by atoms with E-state index in [4.69, 9.17) is 17.2 Å².